The number of aryl methyl sites for hydroxylation is 2. The van der Waals surface area contributed by atoms with Gasteiger partial charge in [0.1, 0.15) is 0 Å². The van der Waals surface area contributed by atoms with E-state index < -0.39 is 0 Å². The summed E-state index contributed by atoms with van der Waals surface area (Å²) in [4.78, 5) is 9.13. The van der Waals surface area contributed by atoms with E-state index in [1.165, 1.54) is 38.4 Å². The summed E-state index contributed by atoms with van der Waals surface area (Å²) in [5.74, 6) is 0. The topological polar surface area (TPSA) is 25.8 Å². The van der Waals surface area contributed by atoms with Crippen molar-refractivity contribution in [3.05, 3.63) is 71.5 Å². The molecule has 0 saturated heterocycles. The monoisotopic (exact) mass is 298 g/mol. The molecule has 23 heavy (non-hydrogen) atoms. The lowest BCUT2D eigenvalue weighted by Gasteiger charge is -2.12. The van der Waals surface area contributed by atoms with E-state index in [1.54, 1.807) is 0 Å². The molecule has 0 aliphatic heterocycles. The number of hydrogen-bond donors (Lipinski definition) is 0. The van der Waals surface area contributed by atoms with Crippen LogP contribution in [0, 0.1) is 20.8 Å². The molecule has 2 aromatic heterocycles. The van der Waals surface area contributed by atoms with Crippen LogP contribution < -0.4 is 0 Å². The highest BCUT2D eigenvalue weighted by molar-refractivity contribution is 6.10. The van der Waals surface area contributed by atoms with Crippen molar-refractivity contribution in [1.82, 2.24) is 9.97 Å². The van der Waals surface area contributed by atoms with Gasteiger partial charge in [-0.2, -0.15) is 0 Å². The van der Waals surface area contributed by atoms with E-state index in [9.17, 15) is 0 Å². The summed E-state index contributed by atoms with van der Waals surface area (Å²) in [5, 5.41) is 3.56. The van der Waals surface area contributed by atoms with Crippen LogP contribution >= 0.6 is 0 Å². The first kappa shape index (κ1) is 13.9. The number of pyridine rings is 2. The van der Waals surface area contributed by atoms with Crippen LogP contribution in [0.2, 0.25) is 0 Å². The van der Waals surface area contributed by atoms with Crippen LogP contribution in [-0.4, -0.2) is 9.97 Å². The second kappa shape index (κ2) is 5.17. The highest BCUT2D eigenvalue weighted by atomic mass is 14.7. The zero-order valence-electron chi connectivity index (χ0n) is 13.6. The molecule has 112 valence electrons. The van der Waals surface area contributed by atoms with E-state index in [-0.39, 0.29) is 0 Å². The third-order valence-electron chi connectivity index (χ3n) is 4.73. The van der Waals surface area contributed by atoms with Crippen LogP contribution in [0.1, 0.15) is 16.7 Å². The van der Waals surface area contributed by atoms with Gasteiger partial charge in [0.25, 0.3) is 0 Å². The van der Waals surface area contributed by atoms with Crippen molar-refractivity contribution < 1.29 is 0 Å². The Morgan fingerprint density at radius 3 is 2.26 bits per heavy atom. The van der Waals surface area contributed by atoms with Gasteiger partial charge in [0.05, 0.1) is 11.2 Å². The van der Waals surface area contributed by atoms with Gasteiger partial charge in [-0.05, 0) is 79.2 Å². The standard InChI is InChI=1S/C21H18N2/c1-13-11-16(12-14(2)15(13)3)21-19-6-7-20-18(5-4-9-22-20)17(19)8-10-23-21/h4-12H,1-3H3. The van der Waals surface area contributed by atoms with Gasteiger partial charge in [0.15, 0.2) is 0 Å². The summed E-state index contributed by atoms with van der Waals surface area (Å²) in [5.41, 5.74) is 7.21. The molecule has 4 rings (SSSR count). The number of rotatable bonds is 1. The normalized spacial score (nSPS) is 11.3. The van der Waals surface area contributed by atoms with Gasteiger partial charge in [-0.1, -0.05) is 6.07 Å². The number of nitrogens with zero attached hydrogens (tertiary/aromatic N) is 2. The van der Waals surface area contributed by atoms with Gasteiger partial charge in [0.2, 0.25) is 0 Å². The van der Waals surface area contributed by atoms with Crippen LogP contribution in [0.15, 0.2) is 54.9 Å². The van der Waals surface area contributed by atoms with E-state index in [1.807, 2.05) is 18.5 Å². The van der Waals surface area contributed by atoms with Crippen molar-refractivity contribution in [3.8, 4) is 11.3 Å². The molecular weight excluding hydrogens is 280 g/mol. The fraction of sp³-hybridized carbons (Fsp3) is 0.143. The maximum atomic E-state index is 4.68. The minimum atomic E-state index is 1.02. The van der Waals surface area contributed by atoms with Crippen molar-refractivity contribution in [2.24, 2.45) is 0 Å². The lowest BCUT2D eigenvalue weighted by atomic mass is 9.96. The van der Waals surface area contributed by atoms with Crippen LogP contribution in [-0.2, 0) is 0 Å². The molecule has 0 fully saturated rings. The van der Waals surface area contributed by atoms with E-state index >= 15 is 0 Å². The second-order valence-corrected chi connectivity index (χ2v) is 6.13. The molecule has 0 radical (unpaired) electrons. The first-order valence-electron chi connectivity index (χ1n) is 7.86. The van der Waals surface area contributed by atoms with Crippen LogP contribution in [0.4, 0.5) is 0 Å². The first-order valence-corrected chi connectivity index (χ1v) is 7.86. The van der Waals surface area contributed by atoms with Crippen LogP contribution in [0.5, 0.6) is 0 Å². The predicted octanol–water partition coefficient (Wildman–Crippen LogP) is 5.38. The minimum absolute atomic E-state index is 1.02. The number of hydrogen-bond acceptors (Lipinski definition) is 2. The Bertz CT molecular complexity index is 1030. The van der Waals surface area contributed by atoms with Crippen molar-refractivity contribution in [2.75, 3.05) is 0 Å². The molecule has 0 amide bonds. The highest BCUT2D eigenvalue weighted by Gasteiger charge is 2.10. The Kier molecular flexibility index (Phi) is 3.12. The molecule has 0 N–H and O–H groups in total. The maximum Gasteiger partial charge on any atom is 0.0780 e. The lowest BCUT2D eigenvalue weighted by Crippen LogP contribution is -1.92. The molecule has 0 aliphatic rings. The smallest absolute Gasteiger partial charge is 0.0780 e. The largest absolute Gasteiger partial charge is 0.256 e. The summed E-state index contributed by atoms with van der Waals surface area (Å²) in [6.45, 7) is 6.50. The molecule has 2 heterocycles. The lowest BCUT2D eigenvalue weighted by molar-refractivity contribution is 1.25. The Labute approximate surface area is 135 Å². The zero-order valence-corrected chi connectivity index (χ0v) is 13.6. The molecule has 0 bridgehead atoms. The number of aromatic nitrogens is 2. The minimum Gasteiger partial charge on any atom is -0.256 e. The molecule has 0 atom stereocenters. The molecular formula is C21H18N2. The number of fused-ring (bicyclic) bond motifs is 3. The molecule has 2 nitrogen and oxygen atoms in total. The van der Waals surface area contributed by atoms with Gasteiger partial charge in [-0.15, -0.1) is 0 Å². The van der Waals surface area contributed by atoms with Crippen molar-refractivity contribution in [1.29, 1.82) is 0 Å². The summed E-state index contributed by atoms with van der Waals surface area (Å²) < 4.78 is 0. The van der Waals surface area contributed by atoms with E-state index in [0.717, 1.165) is 11.2 Å². The van der Waals surface area contributed by atoms with Crippen molar-refractivity contribution >= 4 is 21.7 Å². The van der Waals surface area contributed by atoms with Crippen LogP contribution in [0.25, 0.3) is 32.9 Å². The highest BCUT2D eigenvalue weighted by Crippen LogP contribution is 2.32. The fourth-order valence-corrected chi connectivity index (χ4v) is 3.22. The molecule has 0 unspecified atom stereocenters. The summed E-state index contributed by atoms with van der Waals surface area (Å²) in [6, 6.07) is 14.9. The molecule has 4 aromatic rings. The van der Waals surface area contributed by atoms with Gasteiger partial charge in [-0.3, -0.25) is 9.97 Å². The third-order valence-corrected chi connectivity index (χ3v) is 4.73. The summed E-state index contributed by atoms with van der Waals surface area (Å²) in [7, 11) is 0. The molecule has 2 heteroatoms. The average molecular weight is 298 g/mol. The Hall–Kier alpha value is -2.74. The van der Waals surface area contributed by atoms with E-state index in [0.29, 0.717) is 0 Å². The van der Waals surface area contributed by atoms with Crippen molar-refractivity contribution in [2.45, 2.75) is 20.8 Å². The second-order valence-electron chi connectivity index (χ2n) is 6.13. The Morgan fingerprint density at radius 2 is 1.48 bits per heavy atom. The predicted molar refractivity (Wildman–Crippen MR) is 96.7 cm³/mol. The number of benzene rings is 2. The van der Waals surface area contributed by atoms with E-state index in [4.69, 9.17) is 0 Å². The SMILES string of the molecule is Cc1cc(-c2nccc3c2ccc2ncccc23)cc(C)c1C. The van der Waals surface area contributed by atoms with Gasteiger partial charge < -0.3 is 0 Å². The Balaban J connectivity index is 2.07. The molecule has 0 spiro atoms. The average Bonchev–Trinajstić information content (AvgIpc) is 2.58. The first-order chi connectivity index (χ1) is 11.1. The van der Waals surface area contributed by atoms with Crippen LogP contribution in [0.3, 0.4) is 0 Å². The fourth-order valence-electron chi connectivity index (χ4n) is 3.22. The molecule has 0 aliphatic carbocycles. The van der Waals surface area contributed by atoms with Gasteiger partial charge in [0, 0.05) is 28.7 Å². The Morgan fingerprint density at radius 1 is 0.696 bits per heavy atom. The quantitative estimate of drug-likeness (QED) is 0.441. The third kappa shape index (κ3) is 2.18. The van der Waals surface area contributed by atoms with E-state index in [2.05, 4.69) is 67.1 Å². The maximum absolute atomic E-state index is 4.68. The molecule has 0 saturated carbocycles. The van der Waals surface area contributed by atoms with Gasteiger partial charge in [-0.25, -0.2) is 0 Å². The summed E-state index contributed by atoms with van der Waals surface area (Å²) >= 11 is 0. The molecule has 2 aromatic carbocycles. The van der Waals surface area contributed by atoms with Gasteiger partial charge >= 0.3 is 0 Å². The zero-order chi connectivity index (χ0) is 16.0. The van der Waals surface area contributed by atoms with Crippen molar-refractivity contribution in [3.63, 3.8) is 0 Å². The summed E-state index contributed by atoms with van der Waals surface area (Å²) in [6.07, 6.45) is 3.73.